The highest BCUT2D eigenvalue weighted by Crippen LogP contribution is 2.18. The quantitative estimate of drug-likeness (QED) is 0.603. The van der Waals surface area contributed by atoms with E-state index in [0.717, 1.165) is 6.42 Å². The second-order valence-electron chi connectivity index (χ2n) is 4.70. The molecular weight excluding hydrogens is 192 g/mol. The normalized spacial score (nSPS) is 10.4. The lowest BCUT2D eigenvalue weighted by Crippen LogP contribution is -1.94. The molecule has 0 heterocycles. The Morgan fingerprint density at radius 1 is 1.06 bits per heavy atom. The molecule has 0 unspecified atom stereocenters. The molecule has 0 aliphatic carbocycles. The Bertz CT molecular complexity index is 347. The lowest BCUT2D eigenvalue weighted by molar-refractivity contribution is 0.685. The van der Waals surface area contributed by atoms with E-state index < -0.39 is 0 Å². The van der Waals surface area contributed by atoms with Crippen LogP contribution in [-0.2, 0) is 6.42 Å². The molecule has 0 aliphatic heterocycles. The highest BCUT2D eigenvalue weighted by Gasteiger charge is 2.02. The van der Waals surface area contributed by atoms with Gasteiger partial charge in [0.25, 0.3) is 0 Å². The van der Waals surface area contributed by atoms with Crippen molar-refractivity contribution >= 4 is 0 Å². The number of rotatable bonds is 6. The lowest BCUT2D eigenvalue weighted by Gasteiger charge is -2.10. The van der Waals surface area contributed by atoms with Gasteiger partial charge in [-0.2, -0.15) is 0 Å². The molecule has 0 nitrogen and oxygen atoms in total. The van der Waals surface area contributed by atoms with Gasteiger partial charge in [0.15, 0.2) is 0 Å². The first-order valence-electron chi connectivity index (χ1n) is 6.25. The minimum absolute atomic E-state index is 1.05. The Morgan fingerprint density at radius 3 is 2.50 bits per heavy atom. The van der Waals surface area contributed by atoms with Crippen molar-refractivity contribution < 1.29 is 0 Å². The van der Waals surface area contributed by atoms with Crippen molar-refractivity contribution in [3.8, 4) is 0 Å². The monoisotopic (exact) mass is 215 g/mol. The molecule has 87 valence electrons. The maximum absolute atomic E-state index is 5.36. The van der Waals surface area contributed by atoms with E-state index in [-0.39, 0.29) is 0 Å². The molecule has 0 heteroatoms. The Morgan fingerprint density at radius 2 is 1.81 bits per heavy atom. The lowest BCUT2D eigenvalue weighted by atomic mass is 9.96. The summed E-state index contributed by atoms with van der Waals surface area (Å²) in [6.07, 6.45) is 7.80. The van der Waals surface area contributed by atoms with Crippen LogP contribution in [0.15, 0.2) is 18.2 Å². The van der Waals surface area contributed by atoms with Crippen LogP contribution < -0.4 is 0 Å². The molecule has 0 bridgehead atoms. The van der Waals surface area contributed by atoms with E-state index in [1.54, 1.807) is 6.08 Å². The van der Waals surface area contributed by atoms with Crippen molar-refractivity contribution in [2.75, 3.05) is 0 Å². The zero-order valence-electron chi connectivity index (χ0n) is 10.8. The summed E-state index contributed by atoms with van der Waals surface area (Å²) in [4.78, 5) is 0. The maximum Gasteiger partial charge on any atom is -0.0276 e. The predicted molar refractivity (Wildman–Crippen MR) is 71.7 cm³/mol. The molecule has 16 heavy (non-hydrogen) atoms. The van der Waals surface area contributed by atoms with Gasteiger partial charge in [-0.15, -0.1) is 0 Å². The van der Waals surface area contributed by atoms with Crippen LogP contribution >= 0.6 is 0 Å². The molecule has 0 N–H and O–H groups in total. The van der Waals surface area contributed by atoms with Crippen LogP contribution in [0.3, 0.4) is 0 Å². The largest absolute Gasteiger partial charge is 0.0845 e. The first-order valence-corrected chi connectivity index (χ1v) is 6.25. The Kier molecular flexibility index (Phi) is 5.31. The van der Waals surface area contributed by atoms with Gasteiger partial charge in [-0.25, -0.2) is 0 Å². The highest BCUT2D eigenvalue weighted by atomic mass is 14.1. The van der Waals surface area contributed by atoms with Crippen molar-refractivity contribution in [3.63, 3.8) is 0 Å². The van der Waals surface area contributed by atoms with E-state index in [2.05, 4.69) is 32.9 Å². The van der Waals surface area contributed by atoms with Gasteiger partial charge in [-0.05, 0) is 63.1 Å². The molecule has 0 saturated heterocycles. The van der Waals surface area contributed by atoms with Crippen LogP contribution in [0.2, 0.25) is 0 Å². The highest BCUT2D eigenvalue weighted by molar-refractivity contribution is 5.37. The molecular formula is C16H23. The average Bonchev–Trinajstić information content (AvgIpc) is 2.24. The van der Waals surface area contributed by atoms with Crippen LogP contribution in [0.25, 0.3) is 0 Å². The molecule has 0 fully saturated rings. The van der Waals surface area contributed by atoms with E-state index in [0.29, 0.717) is 0 Å². The Balaban J connectivity index is 2.50. The molecule has 0 amide bonds. The van der Waals surface area contributed by atoms with Gasteiger partial charge in [0.1, 0.15) is 0 Å². The first-order chi connectivity index (χ1) is 7.65. The zero-order valence-corrected chi connectivity index (χ0v) is 10.8. The molecule has 0 spiro atoms. The first kappa shape index (κ1) is 13.0. The smallest absolute Gasteiger partial charge is 0.0276 e. The average molecular weight is 215 g/mol. The summed E-state index contributed by atoms with van der Waals surface area (Å²) in [5.74, 6) is 0. The van der Waals surface area contributed by atoms with Gasteiger partial charge in [-0.3, -0.25) is 0 Å². The number of aryl methyl sites for hydroxylation is 3. The van der Waals surface area contributed by atoms with Crippen molar-refractivity contribution in [1.82, 2.24) is 0 Å². The topological polar surface area (TPSA) is 0 Å². The van der Waals surface area contributed by atoms with Gasteiger partial charge in [-0.1, -0.05) is 36.8 Å². The second kappa shape index (κ2) is 6.52. The summed E-state index contributed by atoms with van der Waals surface area (Å²) in [5.41, 5.74) is 5.80. The summed E-state index contributed by atoms with van der Waals surface area (Å²) in [6, 6.07) is 4.60. The van der Waals surface area contributed by atoms with Crippen LogP contribution in [0, 0.1) is 27.4 Å². The standard InChI is InChI=1S/C16H23/c1-5-6-7-8-9-10-16-12-13(2)11-14(3)15(16)4/h1,5,11-12H,6-10H2,2-4H3. The molecule has 0 atom stereocenters. The predicted octanol–water partition coefficient (Wildman–Crippen LogP) is 4.70. The van der Waals surface area contributed by atoms with Crippen LogP contribution in [-0.4, -0.2) is 0 Å². The number of unbranched alkanes of at least 4 members (excludes halogenated alkanes) is 3. The fraction of sp³-hybridized carbons (Fsp3) is 0.500. The number of hydrogen-bond donors (Lipinski definition) is 0. The molecule has 0 aromatic heterocycles. The second-order valence-corrected chi connectivity index (χ2v) is 4.70. The van der Waals surface area contributed by atoms with Crippen LogP contribution in [0.5, 0.6) is 0 Å². The van der Waals surface area contributed by atoms with Crippen molar-refractivity contribution in [3.05, 3.63) is 47.0 Å². The van der Waals surface area contributed by atoms with E-state index in [9.17, 15) is 0 Å². The maximum atomic E-state index is 5.36. The fourth-order valence-corrected chi connectivity index (χ4v) is 2.14. The van der Waals surface area contributed by atoms with Crippen molar-refractivity contribution in [1.29, 1.82) is 0 Å². The van der Waals surface area contributed by atoms with Crippen molar-refractivity contribution in [2.45, 2.75) is 52.9 Å². The van der Waals surface area contributed by atoms with Gasteiger partial charge < -0.3 is 0 Å². The summed E-state index contributed by atoms with van der Waals surface area (Å²) >= 11 is 0. The molecule has 1 aromatic rings. The third-order valence-corrected chi connectivity index (χ3v) is 3.24. The van der Waals surface area contributed by atoms with Crippen molar-refractivity contribution in [2.24, 2.45) is 0 Å². The van der Waals surface area contributed by atoms with E-state index in [1.165, 1.54) is 47.9 Å². The summed E-state index contributed by atoms with van der Waals surface area (Å²) in [6.45, 7) is 12.0. The Labute approximate surface area is 100 Å². The zero-order chi connectivity index (χ0) is 12.0. The fourth-order valence-electron chi connectivity index (χ4n) is 2.14. The number of allylic oxidation sites excluding steroid dienone is 1. The SMILES string of the molecule is [CH]=CCCCCCc1cc(C)cc(C)c1C. The molecule has 0 aliphatic rings. The molecule has 1 radical (unpaired) electrons. The third kappa shape index (κ3) is 3.84. The molecule has 1 rings (SSSR count). The van der Waals surface area contributed by atoms with Crippen LogP contribution in [0.1, 0.15) is 47.9 Å². The third-order valence-electron chi connectivity index (χ3n) is 3.24. The van der Waals surface area contributed by atoms with Gasteiger partial charge in [0, 0.05) is 0 Å². The number of benzene rings is 1. The summed E-state index contributed by atoms with van der Waals surface area (Å²) in [7, 11) is 0. The van der Waals surface area contributed by atoms with Gasteiger partial charge >= 0.3 is 0 Å². The molecule has 0 saturated carbocycles. The summed E-state index contributed by atoms with van der Waals surface area (Å²) in [5, 5.41) is 0. The van der Waals surface area contributed by atoms with Crippen LogP contribution in [0.4, 0.5) is 0 Å². The summed E-state index contributed by atoms with van der Waals surface area (Å²) < 4.78 is 0. The number of hydrogen-bond acceptors (Lipinski definition) is 0. The van der Waals surface area contributed by atoms with Gasteiger partial charge in [0.05, 0.1) is 0 Å². The Hall–Kier alpha value is -1.04. The molecule has 1 aromatic carbocycles. The minimum Gasteiger partial charge on any atom is -0.0845 e. The minimum atomic E-state index is 1.05. The van der Waals surface area contributed by atoms with E-state index in [1.807, 2.05) is 0 Å². The van der Waals surface area contributed by atoms with E-state index in [4.69, 9.17) is 6.58 Å². The van der Waals surface area contributed by atoms with Gasteiger partial charge in [0.2, 0.25) is 0 Å². The van der Waals surface area contributed by atoms with E-state index >= 15 is 0 Å².